The molecule has 0 saturated carbocycles. The van der Waals surface area contributed by atoms with Gasteiger partial charge in [-0.1, -0.05) is 91.0 Å². The Hall–Kier alpha value is -6.60. The number of amides is 2. The van der Waals surface area contributed by atoms with Crippen LogP contribution in [-0.4, -0.2) is 93.1 Å². The fourth-order valence-electron chi connectivity index (χ4n) is 9.87. The molecule has 10 rings (SSSR count). The molecule has 4 aliphatic heterocycles. The Morgan fingerprint density at radius 3 is 2.03 bits per heavy atom. The molecule has 65 heavy (non-hydrogen) atoms. The number of carbonyl (C=O) groups is 3. The van der Waals surface area contributed by atoms with Crippen LogP contribution in [0.25, 0.3) is 10.9 Å². The Balaban J connectivity index is 0.826. The molecule has 12 heteroatoms. The number of carbonyl (C=O) groups excluding carboxylic acids is 3. The van der Waals surface area contributed by atoms with Crippen molar-refractivity contribution in [3.05, 3.63) is 183 Å². The number of benzene rings is 5. The fourth-order valence-corrected chi connectivity index (χ4v) is 9.87. The summed E-state index contributed by atoms with van der Waals surface area (Å²) in [5.41, 5.74) is 4.64. The van der Waals surface area contributed by atoms with Gasteiger partial charge in [-0.2, -0.15) is 0 Å². The van der Waals surface area contributed by atoms with Gasteiger partial charge in [0, 0.05) is 68.4 Å². The summed E-state index contributed by atoms with van der Waals surface area (Å²) >= 11 is 0. The van der Waals surface area contributed by atoms with Crippen molar-refractivity contribution in [1.29, 1.82) is 0 Å². The minimum absolute atomic E-state index is 0.0588. The number of pyridine rings is 1. The molecule has 2 unspecified atom stereocenters. The standard InChI is InChI=1S/C53H55N5O7/c59-45-21-19-43(44-20-22-48(61)55-49(44)45)46(60)32-54-31-36-11-13-37(14-12-36)33-58(51(63)40-7-3-1-4-8-40)34-38-15-17-41(18-16-38)50(62)57-29-25-53(26-30-57,42-9-5-2-6-10-42)52(64)65-47-35-56-27-23-39(47)24-28-56/h1-22,39,46-47,54,59-60H,23-35H2,(H,55,61). The van der Waals surface area contributed by atoms with Gasteiger partial charge in [-0.05, 0) is 109 Å². The Morgan fingerprint density at radius 1 is 0.754 bits per heavy atom. The van der Waals surface area contributed by atoms with E-state index in [0.717, 1.165) is 54.7 Å². The number of piperidine rings is 4. The number of phenolic OH excluding ortho intramolecular Hbond substituents is 1. The molecule has 5 aromatic carbocycles. The van der Waals surface area contributed by atoms with E-state index in [2.05, 4.69) is 15.2 Å². The molecule has 334 valence electrons. The van der Waals surface area contributed by atoms with Gasteiger partial charge in [0.05, 0.1) is 17.0 Å². The highest BCUT2D eigenvalue weighted by molar-refractivity contribution is 5.95. The van der Waals surface area contributed by atoms with E-state index in [1.54, 1.807) is 17.0 Å². The zero-order valence-electron chi connectivity index (χ0n) is 36.4. The predicted molar refractivity (Wildman–Crippen MR) is 248 cm³/mol. The normalized spacial score (nSPS) is 19.4. The molecule has 4 saturated heterocycles. The van der Waals surface area contributed by atoms with Crippen LogP contribution in [0, 0.1) is 5.92 Å². The van der Waals surface area contributed by atoms with Crippen molar-refractivity contribution in [2.75, 3.05) is 39.3 Å². The molecule has 4 aliphatic rings. The Labute approximate surface area is 378 Å². The Morgan fingerprint density at radius 2 is 1.38 bits per heavy atom. The molecule has 0 aliphatic carbocycles. The van der Waals surface area contributed by atoms with E-state index in [0.29, 0.717) is 73.6 Å². The van der Waals surface area contributed by atoms with E-state index in [1.807, 2.05) is 114 Å². The lowest BCUT2D eigenvalue weighted by molar-refractivity contribution is -0.167. The van der Waals surface area contributed by atoms with Gasteiger partial charge < -0.3 is 35.1 Å². The highest BCUT2D eigenvalue weighted by Crippen LogP contribution is 2.40. The molecule has 2 atom stereocenters. The first-order valence-corrected chi connectivity index (χ1v) is 22.7. The third-order valence-electron chi connectivity index (χ3n) is 13.7. The highest BCUT2D eigenvalue weighted by Gasteiger charge is 2.47. The first-order valence-electron chi connectivity index (χ1n) is 22.7. The summed E-state index contributed by atoms with van der Waals surface area (Å²) in [7, 11) is 0. The minimum atomic E-state index is -0.880. The summed E-state index contributed by atoms with van der Waals surface area (Å²) in [4.78, 5) is 62.5. The summed E-state index contributed by atoms with van der Waals surface area (Å²) in [6, 6.07) is 40.6. The summed E-state index contributed by atoms with van der Waals surface area (Å²) in [6.07, 6.45) is 2.15. The van der Waals surface area contributed by atoms with Gasteiger partial charge in [-0.15, -0.1) is 0 Å². The molecule has 0 radical (unpaired) electrons. The summed E-state index contributed by atoms with van der Waals surface area (Å²) in [5.74, 6) is -0.0141. The first kappa shape index (κ1) is 43.6. The molecular formula is C53H55N5O7. The lowest BCUT2D eigenvalue weighted by Gasteiger charge is -2.46. The number of likely N-dealkylation sites (tertiary alicyclic amines) is 1. The van der Waals surface area contributed by atoms with Gasteiger partial charge in [-0.25, -0.2) is 0 Å². The number of nitrogens with zero attached hydrogens (tertiary/aromatic N) is 3. The Bertz CT molecular complexity index is 2670. The molecule has 0 spiro atoms. The molecule has 2 bridgehead atoms. The topological polar surface area (TPSA) is 156 Å². The van der Waals surface area contributed by atoms with Crippen molar-refractivity contribution in [2.45, 2.75) is 62.9 Å². The number of aromatic nitrogens is 1. The van der Waals surface area contributed by atoms with Gasteiger partial charge in [0.2, 0.25) is 5.56 Å². The number of fused-ring (bicyclic) bond motifs is 4. The third-order valence-corrected chi connectivity index (χ3v) is 13.7. The maximum Gasteiger partial charge on any atom is 0.317 e. The number of hydrogen-bond acceptors (Lipinski definition) is 9. The Kier molecular flexibility index (Phi) is 12.9. The number of phenols is 1. The fraction of sp³-hybridized carbons (Fsp3) is 0.321. The van der Waals surface area contributed by atoms with Crippen LogP contribution in [0.2, 0.25) is 0 Å². The van der Waals surface area contributed by atoms with Crippen molar-refractivity contribution in [2.24, 2.45) is 5.92 Å². The SMILES string of the molecule is O=C(c1ccc(CN(Cc2ccc(CNCC(O)c3ccc(O)c4[nH]c(=O)ccc34)cc2)C(=O)c2ccccc2)cc1)N1CCC(C(=O)OC2CN3CCC2CC3)(c2ccccc2)CC1. The van der Waals surface area contributed by atoms with E-state index < -0.39 is 11.5 Å². The van der Waals surface area contributed by atoms with Crippen LogP contribution in [-0.2, 0) is 34.6 Å². The van der Waals surface area contributed by atoms with E-state index in [4.69, 9.17) is 4.74 Å². The van der Waals surface area contributed by atoms with Gasteiger partial charge in [-0.3, -0.25) is 24.1 Å². The van der Waals surface area contributed by atoms with Crippen LogP contribution in [0.15, 0.2) is 138 Å². The summed E-state index contributed by atoms with van der Waals surface area (Å²) < 4.78 is 6.35. The van der Waals surface area contributed by atoms with Crippen LogP contribution >= 0.6 is 0 Å². The van der Waals surface area contributed by atoms with Crippen molar-refractivity contribution < 1.29 is 29.3 Å². The largest absolute Gasteiger partial charge is 0.506 e. The van der Waals surface area contributed by atoms with Crippen molar-refractivity contribution in [3.8, 4) is 5.75 Å². The van der Waals surface area contributed by atoms with Crippen LogP contribution in [0.3, 0.4) is 0 Å². The molecule has 5 heterocycles. The van der Waals surface area contributed by atoms with Gasteiger partial charge >= 0.3 is 5.97 Å². The number of aromatic amines is 1. The molecule has 4 N–H and O–H groups in total. The molecule has 2 amide bonds. The lowest BCUT2D eigenvalue weighted by Crippen LogP contribution is -2.55. The molecule has 1 aromatic heterocycles. The average molecular weight is 874 g/mol. The maximum atomic E-state index is 14.2. The molecule has 6 aromatic rings. The average Bonchev–Trinajstić information content (AvgIpc) is 3.35. The smallest absolute Gasteiger partial charge is 0.317 e. The molecule has 4 fully saturated rings. The zero-order valence-corrected chi connectivity index (χ0v) is 36.4. The number of aliphatic hydroxyl groups excluding tert-OH is 1. The quantitative estimate of drug-likeness (QED) is 0.0875. The monoisotopic (exact) mass is 873 g/mol. The predicted octanol–water partition coefficient (Wildman–Crippen LogP) is 6.71. The van der Waals surface area contributed by atoms with Crippen molar-refractivity contribution in [1.82, 2.24) is 25.0 Å². The number of esters is 1. The number of aromatic hydroxyl groups is 1. The summed E-state index contributed by atoms with van der Waals surface area (Å²) in [5, 5.41) is 25.1. The number of nitrogens with one attached hydrogen (secondary N) is 2. The molecule has 12 nitrogen and oxygen atoms in total. The lowest BCUT2D eigenvalue weighted by atomic mass is 9.72. The zero-order chi connectivity index (χ0) is 44.9. The number of hydrogen-bond donors (Lipinski definition) is 4. The van der Waals surface area contributed by atoms with Gasteiger partial charge in [0.1, 0.15) is 11.9 Å². The van der Waals surface area contributed by atoms with Crippen LogP contribution in [0.1, 0.15) is 80.3 Å². The third kappa shape index (κ3) is 9.61. The first-order chi connectivity index (χ1) is 31.6. The number of rotatable bonds is 14. The van der Waals surface area contributed by atoms with Crippen molar-refractivity contribution >= 4 is 28.7 Å². The minimum Gasteiger partial charge on any atom is -0.506 e. The highest BCUT2D eigenvalue weighted by atomic mass is 16.5. The van der Waals surface area contributed by atoms with Crippen LogP contribution < -0.4 is 10.9 Å². The second kappa shape index (κ2) is 19.2. The molecular weight excluding hydrogens is 819 g/mol. The van der Waals surface area contributed by atoms with Crippen molar-refractivity contribution in [3.63, 3.8) is 0 Å². The number of aliphatic hydroxyl groups is 1. The number of ether oxygens (including phenoxy) is 1. The van der Waals surface area contributed by atoms with Gasteiger partial charge in [0.25, 0.3) is 11.8 Å². The maximum absolute atomic E-state index is 14.2. The van der Waals surface area contributed by atoms with E-state index >= 15 is 0 Å². The van der Waals surface area contributed by atoms with E-state index in [-0.39, 0.29) is 47.3 Å². The number of H-pyrrole nitrogens is 1. The van der Waals surface area contributed by atoms with Crippen LogP contribution in [0.5, 0.6) is 5.75 Å². The van der Waals surface area contributed by atoms with Gasteiger partial charge in [0.15, 0.2) is 0 Å². The van der Waals surface area contributed by atoms with Crippen LogP contribution in [0.4, 0.5) is 0 Å². The van der Waals surface area contributed by atoms with E-state index in [1.165, 1.54) is 12.1 Å². The summed E-state index contributed by atoms with van der Waals surface area (Å²) in [6.45, 7) is 5.23. The van der Waals surface area contributed by atoms with E-state index in [9.17, 15) is 29.4 Å². The second-order valence-electron chi connectivity index (χ2n) is 17.8. The second-order valence-corrected chi connectivity index (χ2v) is 17.8.